The topological polar surface area (TPSA) is 75.0 Å². The van der Waals surface area contributed by atoms with Gasteiger partial charge in [-0.15, -0.1) is 0 Å². The smallest absolute Gasteiger partial charge is 0.434 e. The van der Waals surface area contributed by atoms with Crippen molar-refractivity contribution in [3.05, 3.63) is 47.9 Å². The molecule has 0 aromatic carbocycles. The number of hydrogen-bond acceptors (Lipinski definition) is 6. The molecule has 6 fully saturated rings. The lowest BCUT2D eigenvalue weighted by Gasteiger charge is -3.10. The molecule has 0 N–H and O–H groups in total. The van der Waals surface area contributed by atoms with Crippen molar-refractivity contribution in [1.82, 2.24) is 24.5 Å². The van der Waals surface area contributed by atoms with E-state index in [2.05, 4.69) is 28.8 Å². The molecular formula is C27H26F3N5O2. The Hall–Kier alpha value is -3.17. The van der Waals surface area contributed by atoms with E-state index in [0.29, 0.717) is 65.4 Å². The quantitative estimate of drug-likeness (QED) is 0.467. The van der Waals surface area contributed by atoms with Crippen LogP contribution in [0.25, 0.3) is 11.4 Å². The molecule has 0 unspecified atom stereocenters. The molecule has 0 atom stereocenters. The predicted molar refractivity (Wildman–Crippen MR) is 125 cm³/mol. The second-order valence-corrected chi connectivity index (χ2v) is 11.7. The van der Waals surface area contributed by atoms with Crippen LogP contribution in [-0.4, -0.2) is 38.2 Å². The Bertz CT molecular complexity index is 1430. The zero-order valence-corrected chi connectivity index (χ0v) is 20.8. The summed E-state index contributed by atoms with van der Waals surface area (Å²) in [5.74, 6) is 5.16. The first-order valence-electron chi connectivity index (χ1n) is 12.8. The first-order chi connectivity index (χ1) is 17.7. The average Bonchev–Trinajstić information content (AvgIpc) is 3.29. The standard InChI is InChI=1S/C27H26F3N5O2/c1-11(2)21-12(6-5-7-31-21)22-32-8-13(36-4)23(34-22)37-10-25-15-18-16(25)20-17(25)19(15)26(18,20)24-33-14(9-35(24)3)27(28,29)30/h5-9,11,15-20H,10H2,1-4H3. The van der Waals surface area contributed by atoms with Crippen molar-refractivity contribution in [3.63, 3.8) is 0 Å². The summed E-state index contributed by atoms with van der Waals surface area (Å²) in [6.45, 7) is 4.72. The highest BCUT2D eigenvalue weighted by Gasteiger charge is 3.10. The number of hydrogen-bond donors (Lipinski definition) is 0. The number of rotatable bonds is 7. The first kappa shape index (κ1) is 21.9. The van der Waals surface area contributed by atoms with Crippen LogP contribution in [0.1, 0.15) is 37.0 Å². The molecule has 0 amide bonds. The highest BCUT2D eigenvalue weighted by molar-refractivity contribution is 5.62. The van der Waals surface area contributed by atoms with Crippen molar-refractivity contribution >= 4 is 0 Å². The van der Waals surface area contributed by atoms with E-state index in [9.17, 15) is 13.2 Å². The van der Waals surface area contributed by atoms with E-state index in [1.807, 2.05) is 12.1 Å². The van der Waals surface area contributed by atoms with E-state index in [0.717, 1.165) is 17.5 Å². The van der Waals surface area contributed by atoms with Gasteiger partial charge in [0, 0.05) is 35.8 Å². The van der Waals surface area contributed by atoms with Gasteiger partial charge in [-0.05, 0) is 53.6 Å². The molecule has 0 aliphatic heterocycles. The van der Waals surface area contributed by atoms with Gasteiger partial charge in [0.25, 0.3) is 5.88 Å². The van der Waals surface area contributed by atoms with Gasteiger partial charge in [-0.25, -0.2) is 9.97 Å². The van der Waals surface area contributed by atoms with Crippen LogP contribution in [0, 0.1) is 40.9 Å². The average molecular weight is 510 g/mol. The van der Waals surface area contributed by atoms with E-state index < -0.39 is 11.9 Å². The lowest BCUT2D eigenvalue weighted by Crippen LogP contribution is -3.12. The van der Waals surface area contributed by atoms with Crippen LogP contribution in [0.2, 0.25) is 0 Å². The van der Waals surface area contributed by atoms with Crippen LogP contribution in [0.3, 0.4) is 0 Å². The summed E-state index contributed by atoms with van der Waals surface area (Å²) in [6, 6.07) is 3.84. The maximum absolute atomic E-state index is 13.3. The molecule has 3 aromatic rings. The fraction of sp³-hybridized carbons (Fsp3) is 0.556. The second-order valence-electron chi connectivity index (χ2n) is 11.7. The summed E-state index contributed by atoms with van der Waals surface area (Å²) in [4.78, 5) is 17.8. The van der Waals surface area contributed by atoms with Crippen molar-refractivity contribution in [3.8, 4) is 23.0 Å². The van der Waals surface area contributed by atoms with Crippen LogP contribution in [0.5, 0.6) is 11.6 Å². The lowest BCUT2D eigenvalue weighted by atomic mass is 8.92. The van der Waals surface area contributed by atoms with Crippen LogP contribution in [-0.2, 0) is 18.6 Å². The van der Waals surface area contributed by atoms with Crippen LogP contribution >= 0.6 is 0 Å². The Labute approximate surface area is 211 Å². The van der Waals surface area contributed by atoms with E-state index >= 15 is 0 Å². The summed E-state index contributed by atoms with van der Waals surface area (Å²) < 4.78 is 53.3. The van der Waals surface area contributed by atoms with Gasteiger partial charge in [0.1, 0.15) is 5.82 Å². The molecule has 7 nitrogen and oxygen atoms in total. The number of aromatic nitrogens is 5. The Balaban J connectivity index is 1.03. The van der Waals surface area contributed by atoms with Gasteiger partial charge in [-0.2, -0.15) is 18.2 Å². The molecule has 37 heavy (non-hydrogen) atoms. The van der Waals surface area contributed by atoms with Crippen LogP contribution in [0.4, 0.5) is 13.2 Å². The number of nitrogens with zero attached hydrogens (tertiary/aromatic N) is 5. The minimum Gasteiger partial charge on any atom is -0.490 e. The van der Waals surface area contributed by atoms with Gasteiger partial charge in [0.15, 0.2) is 17.3 Å². The number of ether oxygens (including phenoxy) is 2. The summed E-state index contributed by atoms with van der Waals surface area (Å²) in [7, 11) is 3.27. The highest BCUT2D eigenvalue weighted by Crippen LogP contribution is 3.09. The van der Waals surface area contributed by atoms with E-state index in [4.69, 9.17) is 14.5 Å². The van der Waals surface area contributed by atoms with Crippen molar-refractivity contribution in [2.45, 2.75) is 31.4 Å². The summed E-state index contributed by atoms with van der Waals surface area (Å²) >= 11 is 0. The third kappa shape index (κ3) is 2.14. The number of pyridine rings is 1. The van der Waals surface area contributed by atoms with Gasteiger partial charge in [-0.3, -0.25) is 4.98 Å². The Kier molecular flexibility index (Phi) is 3.81. The van der Waals surface area contributed by atoms with E-state index in [-0.39, 0.29) is 16.7 Å². The Morgan fingerprint density at radius 2 is 1.76 bits per heavy atom. The van der Waals surface area contributed by atoms with Gasteiger partial charge in [0.05, 0.1) is 25.6 Å². The van der Waals surface area contributed by atoms with Gasteiger partial charge < -0.3 is 14.0 Å². The van der Waals surface area contributed by atoms with Crippen LogP contribution < -0.4 is 9.47 Å². The molecular weight excluding hydrogens is 483 g/mol. The number of imidazole rings is 1. The van der Waals surface area contributed by atoms with Crippen molar-refractivity contribution in [2.24, 2.45) is 48.0 Å². The Morgan fingerprint density at radius 3 is 2.35 bits per heavy atom. The molecule has 0 bridgehead atoms. The fourth-order valence-corrected chi connectivity index (χ4v) is 9.48. The fourth-order valence-electron chi connectivity index (χ4n) is 9.48. The molecule has 3 heterocycles. The second kappa shape index (κ2) is 6.45. The number of alkyl halides is 3. The minimum absolute atomic E-state index is 0.132. The largest absolute Gasteiger partial charge is 0.490 e. The molecule has 0 spiro atoms. The predicted octanol–water partition coefficient (Wildman–Crippen LogP) is 4.49. The zero-order valence-electron chi connectivity index (χ0n) is 20.8. The Morgan fingerprint density at radius 1 is 1.05 bits per heavy atom. The molecule has 192 valence electrons. The number of halogens is 3. The molecule has 6 saturated carbocycles. The maximum Gasteiger partial charge on any atom is 0.434 e. The highest BCUT2D eigenvalue weighted by atomic mass is 19.4. The SMILES string of the molecule is COc1cnc(-c2cccnc2C(C)C)nc1OCC12C3C4C1C1C2C3C41c1nc(C(F)(F)F)cn1C. The van der Waals surface area contributed by atoms with E-state index in [1.54, 1.807) is 31.1 Å². The number of aryl methyl sites for hydroxylation is 1. The molecule has 0 radical (unpaired) electrons. The normalized spacial score (nSPS) is 37.1. The van der Waals surface area contributed by atoms with Gasteiger partial charge in [-0.1, -0.05) is 13.8 Å². The van der Waals surface area contributed by atoms with Crippen LogP contribution in [0.15, 0.2) is 30.7 Å². The molecule has 6 aliphatic rings. The van der Waals surface area contributed by atoms with Crippen molar-refractivity contribution in [1.29, 1.82) is 0 Å². The monoisotopic (exact) mass is 509 g/mol. The van der Waals surface area contributed by atoms with Crippen molar-refractivity contribution < 1.29 is 22.6 Å². The summed E-state index contributed by atoms with van der Waals surface area (Å²) in [6.07, 6.45) is 0.142. The van der Waals surface area contributed by atoms with Gasteiger partial charge >= 0.3 is 6.18 Å². The zero-order chi connectivity index (χ0) is 25.6. The van der Waals surface area contributed by atoms with Gasteiger partial charge in [0.2, 0.25) is 0 Å². The third-order valence-electron chi connectivity index (χ3n) is 10.4. The summed E-state index contributed by atoms with van der Waals surface area (Å²) in [5.41, 5.74) is 1.02. The third-order valence-corrected chi connectivity index (χ3v) is 10.4. The summed E-state index contributed by atoms with van der Waals surface area (Å²) in [5, 5.41) is 0. The molecule has 10 heteroatoms. The van der Waals surface area contributed by atoms with E-state index in [1.165, 1.54) is 0 Å². The molecule has 3 aromatic heterocycles. The molecule has 9 rings (SSSR count). The maximum atomic E-state index is 13.3. The number of methoxy groups -OCH3 is 1. The molecule has 0 saturated heterocycles. The first-order valence-corrected chi connectivity index (χ1v) is 12.8. The lowest BCUT2D eigenvalue weighted by molar-refractivity contribution is -0.632. The molecule has 6 aliphatic carbocycles. The van der Waals surface area contributed by atoms with Crippen molar-refractivity contribution in [2.75, 3.05) is 13.7 Å². The minimum atomic E-state index is -4.41.